The molecule has 0 spiro atoms. The van der Waals surface area contributed by atoms with Crippen molar-refractivity contribution >= 4 is 11.6 Å². The van der Waals surface area contributed by atoms with Crippen LogP contribution in [0.4, 0.5) is 18.9 Å². The summed E-state index contributed by atoms with van der Waals surface area (Å²) in [4.78, 5) is 11.1. The molecule has 18 heavy (non-hydrogen) atoms. The Balaban J connectivity index is 3.11. The van der Waals surface area contributed by atoms with Gasteiger partial charge in [-0.25, -0.2) is 0 Å². The molecule has 0 aliphatic heterocycles. The normalized spacial score (nSPS) is 10.6. The van der Waals surface area contributed by atoms with Gasteiger partial charge in [0.2, 0.25) is 5.91 Å². The monoisotopic (exact) mass is 258 g/mol. The summed E-state index contributed by atoms with van der Waals surface area (Å²) >= 11 is 0. The van der Waals surface area contributed by atoms with Crippen molar-refractivity contribution in [3.63, 3.8) is 0 Å². The molecule has 0 saturated heterocycles. The molecule has 0 aliphatic carbocycles. The summed E-state index contributed by atoms with van der Waals surface area (Å²) in [5, 5.41) is 10.3. The first-order valence-electron chi connectivity index (χ1n) is 4.80. The van der Waals surface area contributed by atoms with Crippen LogP contribution in [0.3, 0.4) is 0 Å². The van der Waals surface area contributed by atoms with Gasteiger partial charge in [0.05, 0.1) is 24.4 Å². The van der Waals surface area contributed by atoms with Crippen LogP contribution in [0.5, 0.6) is 5.75 Å². The number of benzene rings is 1. The number of hydrogen-bond acceptors (Lipinski definition) is 3. The van der Waals surface area contributed by atoms with E-state index in [9.17, 15) is 18.0 Å². The number of anilines is 1. The van der Waals surface area contributed by atoms with Gasteiger partial charge in [0.1, 0.15) is 12.2 Å². The number of nitrogens with zero attached hydrogens (tertiary/aromatic N) is 1. The lowest BCUT2D eigenvalue weighted by Gasteiger charge is -2.14. The fourth-order valence-corrected chi connectivity index (χ4v) is 1.26. The highest BCUT2D eigenvalue weighted by atomic mass is 19.4. The van der Waals surface area contributed by atoms with Crippen LogP contribution >= 0.6 is 0 Å². The molecule has 4 nitrogen and oxygen atoms in total. The Kier molecular flexibility index (Phi) is 4.15. The number of methoxy groups -OCH3 is 1. The van der Waals surface area contributed by atoms with Gasteiger partial charge in [-0.1, -0.05) is 0 Å². The van der Waals surface area contributed by atoms with E-state index in [0.29, 0.717) is 0 Å². The van der Waals surface area contributed by atoms with Crippen LogP contribution in [0.15, 0.2) is 18.2 Å². The number of rotatable bonds is 3. The molecule has 1 N–H and O–H groups in total. The number of halogens is 3. The summed E-state index contributed by atoms with van der Waals surface area (Å²) < 4.78 is 42.9. The van der Waals surface area contributed by atoms with Crippen molar-refractivity contribution in [2.24, 2.45) is 0 Å². The third kappa shape index (κ3) is 3.38. The van der Waals surface area contributed by atoms with Crippen molar-refractivity contribution in [2.45, 2.75) is 12.6 Å². The third-order valence-corrected chi connectivity index (χ3v) is 2.05. The quantitative estimate of drug-likeness (QED) is 0.906. The molecule has 1 amide bonds. The summed E-state index contributed by atoms with van der Waals surface area (Å²) in [6, 6.07) is 4.70. The molecule has 1 aromatic rings. The standard InChI is InChI=1S/C11H9F3N2O2/c1-18-7-2-3-9(16-10(17)4-5-15)8(6-7)11(12,13)14/h2-3,6H,4H2,1H3,(H,16,17). The van der Waals surface area contributed by atoms with E-state index >= 15 is 0 Å². The predicted octanol–water partition coefficient (Wildman–Crippen LogP) is 2.57. The van der Waals surface area contributed by atoms with Gasteiger partial charge in [0.15, 0.2) is 0 Å². The van der Waals surface area contributed by atoms with Gasteiger partial charge in [0, 0.05) is 0 Å². The molecule has 0 atom stereocenters. The van der Waals surface area contributed by atoms with E-state index in [1.807, 2.05) is 5.32 Å². The first-order chi connectivity index (χ1) is 8.38. The van der Waals surface area contributed by atoms with Gasteiger partial charge in [-0.2, -0.15) is 18.4 Å². The Bertz CT molecular complexity index is 492. The molecular weight excluding hydrogens is 249 g/mol. The van der Waals surface area contributed by atoms with E-state index in [0.717, 1.165) is 12.1 Å². The van der Waals surface area contributed by atoms with Crippen molar-refractivity contribution in [3.05, 3.63) is 23.8 Å². The molecule has 0 bridgehead atoms. The summed E-state index contributed by atoms with van der Waals surface area (Å²) in [6.45, 7) is 0. The molecular formula is C11H9F3N2O2. The second-order valence-electron chi connectivity index (χ2n) is 3.29. The average molecular weight is 258 g/mol. The van der Waals surface area contributed by atoms with Gasteiger partial charge in [0.25, 0.3) is 0 Å². The Morgan fingerprint density at radius 1 is 1.50 bits per heavy atom. The minimum absolute atomic E-state index is 0.0283. The number of hydrogen-bond donors (Lipinski definition) is 1. The zero-order valence-corrected chi connectivity index (χ0v) is 9.34. The predicted molar refractivity (Wildman–Crippen MR) is 56.9 cm³/mol. The van der Waals surface area contributed by atoms with Crippen LogP contribution in [0.2, 0.25) is 0 Å². The fraction of sp³-hybridized carbons (Fsp3) is 0.273. The van der Waals surface area contributed by atoms with Crippen molar-refractivity contribution < 1.29 is 22.7 Å². The Hall–Kier alpha value is -2.23. The number of carbonyl (C=O) groups is 1. The van der Waals surface area contributed by atoms with E-state index in [4.69, 9.17) is 10.00 Å². The van der Waals surface area contributed by atoms with Crippen LogP contribution in [-0.2, 0) is 11.0 Å². The summed E-state index contributed by atoms with van der Waals surface area (Å²) in [5.41, 5.74) is -1.42. The Labute approximate surface area is 101 Å². The highest BCUT2D eigenvalue weighted by Crippen LogP contribution is 2.37. The van der Waals surface area contributed by atoms with Crippen LogP contribution in [-0.4, -0.2) is 13.0 Å². The van der Waals surface area contributed by atoms with E-state index in [1.165, 1.54) is 13.2 Å². The average Bonchev–Trinajstić information content (AvgIpc) is 2.28. The molecule has 0 fully saturated rings. The van der Waals surface area contributed by atoms with Crippen molar-refractivity contribution in [2.75, 3.05) is 12.4 Å². The first-order valence-corrected chi connectivity index (χ1v) is 4.80. The van der Waals surface area contributed by atoms with Gasteiger partial charge in [-0.15, -0.1) is 0 Å². The summed E-state index contributed by atoms with van der Waals surface area (Å²) in [5.74, 6) is -0.770. The van der Waals surface area contributed by atoms with E-state index in [-0.39, 0.29) is 5.75 Å². The maximum Gasteiger partial charge on any atom is 0.418 e. The lowest BCUT2D eigenvalue weighted by molar-refractivity contribution is -0.137. The smallest absolute Gasteiger partial charge is 0.418 e. The van der Waals surface area contributed by atoms with Crippen LogP contribution in [0, 0.1) is 11.3 Å². The molecule has 1 rings (SSSR count). The lowest BCUT2D eigenvalue weighted by Crippen LogP contribution is -2.16. The van der Waals surface area contributed by atoms with Gasteiger partial charge in [-0.3, -0.25) is 4.79 Å². The molecule has 7 heteroatoms. The van der Waals surface area contributed by atoms with Gasteiger partial charge < -0.3 is 10.1 Å². The third-order valence-electron chi connectivity index (χ3n) is 2.05. The number of nitrogens with one attached hydrogen (secondary N) is 1. The van der Waals surface area contributed by atoms with Gasteiger partial charge in [-0.05, 0) is 18.2 Å². The number of ether oxygens (including phenoxy) is 1. The molecule has 0 aliphatic rings. The minimum Gasteiger partial charge on any atom is -0.497 e. The largest absolute Gasteiger partial charge is 0.497 e. The highest BCUT2D eigenvalue weighted by Gasteiger charge is 2.34. The number of amides is 1. The number of nitriles is 1. The van der Waals surface area contributed by atoms with Crippen molar-refractivity contribution in [3.8, 4) is 11.8 Å². The highest BCUT2D eigenvalue weighted by molar-refractivity contribution is 5.93. The molecule has 1 aromatic carbocycles. The molecule has 0 unspecified atom stereocenters. The minimum atomic E-state index is -4.62. The second kappa shape index (κ2) is 5.40. The van der Waals surface area contributed by atoms with E-state index < -0.39 is 29.8 Å². The SMILES string of the molecule is COc1ccc(NC(=O)CC#N)c(C(F)(F)F)c1. The lowest BCUT2D eigenvalue weighted by atomic mass is 10.1. The molecule has 96 valence electrons. The van der Waals surface area contributed by atoms with E-state index in [2.05, 4.69) is 0 Å². The fourth-order valence-electron chi connectivity index (χ4n) is 1.26. The number of carbonyl (C=O) groups excluding carboxylic acids is 1. The van der Waals surface area contributed by atoms with Gasteiger partial charge >= 0.3 is 6.18 Å². The van der Waals surface area contributed by atoms with Crippen molar-refractivity contribution in [1.29, 1.82) is 5.26 Å². The van der Waals surface area contributed by atoms with Crippen LogP contribution in [0.25, 0.3) is 0 Å². The maximum atomic E-state index is 12.7. The zero-order valence-electron chi connectivity index (χ0n) is 9.34. The topological polar surface area (TPSA) is 62.1 Å². The molecule has 0 heterocycles. The van der Waals surface area contributed by atoms with Crippen LogP contribution in [0.1, 0.15) is 12.0 Å². The molecule has 0 aromatic heterocycles. The Morgan fingerprint density at radius 2 is 2.17 bits per heavy atom. The number of alkyl halides is 3. The Morgan fingerprint density at radius 3 is 2.67 bits per heavy atom. The van der Waals surface area contributed by atoms with Crippen molar-refractivity contribution in [1.82, 2.24) is 0 Å². The zero-order chi connectivity index (χ0) is 13.8. The molecule has 0 radical (unpaired) electrons. The molecule has 0 saturated carbocycles. The van der Waals surface area contributed by atoms with E-state index in [1.54, 1.807) is 6.07 Å². The first kappa shape index (κ1) is 13.8. The second-order valence-corrected chi connectivity index (χ2v) is 3.29. The summed E-state index contributed by atoms with van der Waals surface area (Å²) in [6.07, 6.45) is -5.13. The summed E-state index contributed by atoms with van der Waals surface area (Å²) in [7, 11) is 1.24. The maximum absolute atomic E-state index is 12.7. The van der Waals surface area contributed by atoms with Crippen LogP contribution < -0.4 is 10.1 Å².